The van der Waals surface area contributed by atoms with E-state index in [2.05, 4.69) is 11.3 Å². The maximum atomic E-state index is 13.8. The summed E-state index contributed by atoms with van der Waals surface area (Å²) < 4.78 is 276. The quantitative estimate of drug-likeness (QED) is 0.165. The summed E-state index contributed by atoms with van der Waals surface area (Å²) in [7, 11) is 0. The monoisotopic (exact) mass is 590 g/mol. The number of hydrogen-bond donors (Lipinski definition) is 0. The van der Waals surface area contributed by atoms with Crippen molar-refractivity contribution in [2.24, 2.45) is 0 Å². The van der Waals surface area contributed by atoms with E-state index in [4.69, 9.17) is 0 Å². The van der Waals surface area contributed by atoms with Crippen LogP contribution in [0.2, 0.25) is 0 Å². The minimum atomic E-state index is -9.25. The smallest absolute Gasteiger partial charge is 0.411 e. The number of ether oxygens (including phenoxy) is 1. The largest absolute Gasteiger partial charge is 0.467 e. The average Bonchev–Trinajstić information content (AvgIpc) is 2.64. The zero-order valence-electron chi connectivity index (χ0n) is 15.5. The minimum Gasteiger partial charge on any atom is -0.411 e. The summed E-state index contributed by atoms with van der Waals surface area (Å²) in [6.45, 7) is 2.11. The second kappa shape index (κ2) is 8.38. The molecular weight excluding hydrogens is 587 g/mol. The van der Waals surface area contributed by atoms with Crippen LogP contribution in [-0.2, 0) is 9.53 Å². The molecule has 0 aliphatic carbocycles. The van der Waals surface area contributed by atoms with E-state index in [-0.39, 0.29) is 0 Å². The van der Waals surface area contributed by atoms with Crippen molar-refractivity contribution in [3.05, 3.63) is 12.7 Å². The molecule has 23 heteroatoms. The van der Waals surface area contributed by atoms with E-state index >= 15 is 0 Å². The van der Waals surface area contributed by atoms with Crippen molar-refractivity contribution in [2.75, 3.05) is 0 Å². The molecule has 0 aromatic rings. The number of carbonyl (C=O) groups excluding carboxylic acids is 1. The van der Waals surface area contributed by atoms with Gasteiger partial charge in [-0.25, -0.2) is 4.79 Å². The molecule has 0 saturated carbocycles. The highest BCUT2D eigenvalue weighted by Crippen LogP contribution is 2.66. The Morgan fingerprint density at radius 1 is 0.444 bits per heavy atom. The van der Waals surface area contributed by atoms with Crippen LogP contribution in [0.15, 0.2) is 12.7 Å². The Morgan fingerprint density at radius 2 is 0.694 bits per heavy atom. The lowest BCUT2D eigenvalue weighted by atomic mass is 9.87. The fourth-order valence-corrected chi connectivity index (χ4v) is 1.85. The van der Waals surface area contributed by atoms with Crippen molar-refractivity contribution in [3.8, 4) is 0 Å². The van der Waals surface area contributed by atoms with Gasteiger partial charge in [0.25, 0.3) is 0 Å². The maximum absolute atomic E-state index is 13.8. The van der Waals surface area contributed by atoms with Crippen LogP contribution in [0, 0.1) is 0 Å². The molecule has 0 spiro atoms. The lowest BCUT2D eigenvalue weighted by molar-refractivity contribution is -0.484. The molecule has 0 saturated heterocycles. The molecule has 0 fully saturated rings. The lowest BCUT2D eigenvalue weighted by Gasteiger charge is -2.44. The van der Waals surface area contributed by atoms with Crippen molar-refractivity contribution in [3.63, 3.8) is 0 Å². The van der Waals surface area contributed by atoms with E-state index in [1.807, 2.05) is 0 Å². The van der Waals surface area contributed by atoms with Gasteiger partial charge >= 0.3 is 65.6 Å². The van der Waals surface area contributed by atoms with Crippen molar-refractivity contribution in [1.29, 1.82) is 0 Å². The van der Waals surface area contributed by atoms with E-state index < -0.39 is 71.7 Å². The standard InChI is InChI=1S/C13H3F21O2/c1-2-3(35)36-11(28,13(32,33)34)9(24,25)7(20,21)5(16,17)4(14,15)6(18,19)8(22,23)10(26,27)12(29,30)31/h2H,1H2. The highest BCUT2D eigenvalue weighted by Gasteiger charge is 2.98. The number of rotatable bonds is 9. The van der Waals surface area contributed by atoms with E-state index in [0.29, 0.717) is 0 Å². The summed E-state index contributed by atoms with van der Waals surface area (Å²) in [5.41, 5.74) is 0. The third-order valence-corrected chi connectivity index (χ3v) is 3.90. The highest BCUT2D eigenvalue weighted by atomic mass is 19.4. The van der Waals surface area contributed by atoms with Crippen LogP contribution in [-0.4, -0.2) is 65.6 Å². The van der Waals surface area contributed by atoms with Gasteiger partial charge in [-0.2, -0.15) is 92.2 Å². The number of halogens is 21. The molecule has 0 radical (unpaired) electrons. The van der Waals surface area contributed by atoms with Gasteiger partial charge in [0.2, 0.25) is 0 Å². The summed E-state index contributed by atoms with van der Waals surface area (Å²) in [4.78, 5) is 10.6. The van der Waals surface area contributed by atoms with Gasteiger partial charge in [0.15, 0.2) is 0 Å². The molecule has 0 aliphatic rings. The Balaban J connectivity index is 7.25. The van der Waals surface area contributed by atoms with E-state index in [1.165, 1.54) is 0 Å². The van der Waals surface area contributed by atoms with Crippen molar-refractivity contribution < 1.29 is 102 Å². The van der Waals surface area contributed by atoms with Crippen LogP contribution in [0.3, 0.4) is 0 Å². The third kappa shape index (κ3) is 4.08. The van der Waals surface area contributed by atoms with Crippen molar-refractivity contribution >= 4 is 5.97 Å². The van der Waals surface area contributed by atoms with Gasteiger partial charge in [-0.05, 0) is 0 Å². The number of esters is 1. The Bertz CT molecular complexity index is 849. The van der Waals surface area contributed by atoms with Crippen LogP contribution in [0.1, 0.15) is 0 Å². The fourth-order valence-electron chi connectivity index (χ4n) is 1.85. The van der Waals surface area contributed by atoms with Gasteiger partial charge in [-0.1, -0.05) is 6.58 Å². The average molecular weight is 590 g/mol. The molecule has 0 bridgehead atoms. The predicted molar refractivity (Wildman–Crippen MR) is 66.9 cm³/mol. The van der Waals surface area contributed by atoms with Crippen LogP contribution in [0.25, 0.3) is 0 Å². The zero-order chi connectivity index (χ0) is 30.0. The first-order valence-electron chi connectivity index (χ1n) is 7.53. The Hall–Kier alpha value is -2.26. The summed E-state index contributed by atoms with van der Waals surface area (Å²) in [5.74, 6) is -73.9. The number of carbonyl (C=O) groups is 1. The second-order valence-electron chi connectivity index (χ2n) is 6.24. The van der Waals surface area contributed by atoms with Gasteiger partial charge in [0, 0.05) is 6.08 Å². The minimum absolute atomic E-state index is 0.769. The Morgan fingerprint density at radius 3 is 0.917 bits per heavy atom. The van der Waals surface area contributed by atoms with Gasteiger partial charge < -0.3 is 4.74 Å². The van der Waals surface area contributed by atoms with Crippen molar-refractivity contribution in [2.45, 2.75) is 59.7 Å². The number of hydrogen-bond acceptors (Lipinski definition) is 2. The molecule has 0 aliphatic heterocycles. The van der Waals surface area contributed by atoms with Crippen LogP contribution >= 0.6 is 0 Å². The second-order valence-corrected chi connectivity index (χ2v) is 6.24. The van der Waals surface area contributed by atoms with E-state index in [1.54, 1.807) is 0 Å². The normalized spacial score (nSPS) is 17.5. The lowest BCUT2D eigenvalue weighted by Crippen LogP contribution is -2.77. The van der Waals surface area contributed by atoms with Gasteiger partial charge in [-0.15, -0.1) is 0 Å². The first-order valence-corrected chi connectivity index (χ1v) is 7.53. The SMILES string of the molecule is C=CC(=O)OC(F)(C(F)(F)F)C(F)(F)C(F)(F)C(F)(F)C(F)(F)C(F)(F)C(F)(F)C(F)(F)C(F)(F)F. The van der Waals surface area contributed by atoms with Crippen molar-refractivity contribution in [1.82, 2.24) is 0 Å². The predicted octanol–water partition coefficient (Wildman–Crippen LogP) is 6.95. The topological polar surface area (TPSA) is 26.3 Å². The first kappa shape index (κ1) is 33.7. The molecule has 214 valence electrons. The van der Waals surface area contributed by atoms with Gasteiger partial charge in [0.1, 0.15) is 0 Å². The van der Waals surface area contributed by atoms with E-state index in [9.17, 15) is 97.0 Å². The molecule has 2 nitrogen and oxygen atoms in total. The Labute approximate surface area is 181 Å². The molecule has 0 aromatic carbocycles. The molecular formula is C13H3F21O2. The van der Waals surface area contributed by atoms with Crippen LogP contribution in [0.5, 0.6) is 0 Å². The first-order chi connectivity index (χ1) is 15.2. The van der Waals surface area contributed by atoms with Gasteiger partial charge in [0.05, 0.1) is 0 Å². The highest BCUT2D eigenvalue weighted by molar-refractivity contribution is 5.81. The fraction of sp³-hybridized carbons (Fsp3) is 0.769. The summed E-state index contributed by atoms with van der Waals surface area (Å²) in [5, 5.41) is 0. The molecule has 0 amide bonds. The molecule has 0 N–H and O–H groups in total. The third-order valence-electron chi connectivity index (χ3n) is 3.90. The summed E-state index contributed by atoms with van der Waals surface area (Å²) >= 11 is 0. The summed E-state index contributed by atoms with van der Waals surface area (Å²) in [6, 6.07) is 0. The molecule has 36 heavy (non-hydrogen) atoms. The van der Waals surface area contributed by atoms with Gasteiger partial charge in [-0.3, -0.25) is 0 Å². The molecule has 0 heterocycles. The molecule has 1 atom stereocenters. The number of alkyl halides is 21. The van der Waals surface area contributed by atoms with Crippen LogP contribution < -0.4 is 0 Å². The van der Waals surface area contributed by atoms with E-state index in [0.717, 1.165) is 0 Å². The van der Waals surface area contributed by atoms with Crippen LogP contribution in [0.4, 0.5) is 92.2 Å². The molecule has 0 rings (SSSR count). The zero-order valence-corrected chi connectivity index (χ0v) is 15.5. The molecule has 0 aromatic heterocycles. The maximum Gasteiger partial charge on any atom is 0.467 e. The summed E-state index contributed by atoms with van der Waals surface area (Å²) in [6.07, 6.45) is -16.7. The Kier molecular flexibility index (Phi) is 7.85. The molecule has 1 unspecified atom stereocenters.